The van der Waals surface area contributed by atoms with Gasteiger partial charge in [0.25, 0.3) is 0 Å². The van der Waals surface area contributed by atoms with Crippen molar-refractivity contribution in [1.82, 2.24) is 9.88 Å². The molecular formula is C14H17N3O3. The van der Waals surface area contributed by atoms with Gasteiger partial charge in [0, 0.05) is 32.4 Å². The second kappa shape index (κ2) is 5.13. The molecule has 3 heterocycles. The van der Waals surface area contributed by atoms with Gasteiger partial charge in [-0.25, -0.2) is 4.98 Å². The zero-order valence-corrected chi connectivity index (χ0v) is 11.3. The lowest BCUT2D eigenvalue weighted by molar-refractivity contribution is -0.142. The van der Waals surface area contributed by atoms with Crippen LogP contribution in [0.1, 0.15) is 6.92 Å². The summed E-state index contributed by atoms with van der Waals surface area (Å²) in [6.07, 6.45) is 3.41. The van der Waals surface area contributed by atoms with Crippen LogP contribution in [0.25, 0.3) is 11.0 Å². The first-order chi connectivity index (χ1) is 9.66. The Morgan fingerprint density at radius 2 is 2.10 bits per heavy atom. The highest BCUT2D eigenvalue weighted by molar-refractivity contribution is 5.88. The van der Waals surface area contributed by atoms with Gasteiger partial charge in [0.05, 0.1) is 11.6 Å². The van der Waals surface area contributed by atoms with Gasteiger partial charge >= 0.3 is 5.97 Å². The van der Waals surface area contributed by atoms with Crippen molar-refractivity contribution in [2.24, 2.45) is 0 Å². The predicted octanol–water partition coefficient (Wildman–Crippen LogP) is 1.42. The van der Waals surface area contributed by atoms with Gasteiger partial charge in [-0.3, -0.25) is 9.69 Å². The maximum Gasteiger partial charge on any atom is 0.320 e. The van der Waals surface area contributed by atoms with E-state index in [1.807, 2.05) is 17.0 Å². The smallest absolute Gasteiger partial charge is 0.320 e. The van der Waals surface area contributed by atoms with Crippen molar-refractivity contribution in [1.29, 1.82) is 0 Å². The highest BCUT2D eigenvalue weighted by Crippen LogP contribution is 2.26. The number of piperazine rings is 1. The SMILES string of the molecule is CC(C(=O)O)N1CCN(c2nccc3occc23)CC1. The second-order valence-electron chi connectivity index (χ2n) is 5.00. The summed E-state index contributed by atoms with van der Waals surface area (Å²) >= 11 is 0. The fourth-order valence-corrected chi connectivity index (χ4v) is 2.61. The molecule has 6 nitrogen and oxygen atoms in total. The van der Waals surface area contributed by atoms with Crippen LogP contribution in [0.3, 0.4) is 0 Å². The van der Waals surface area contributed by atoms with Crippen molar-refractivity contribution >= 4 is 22.8 Å². The third-order valence-corrected chi connectivity index (χ3v) is 3.88. The number of anilines is 1. The summed E-state index contributed by atoms with van der Waals surface area (Å²) in [6.45, 7) is 4.73. The van der Waals surface area contributed by atoms with E-state index in [1.165, 1.54) is 0 Å². The molecule has 0 bridgehead atoms. The van der Waals surface area contributed by atoms with Crippen LogP contribution < -0.4 is 4.90 Å². The summed E-state index contributed by atoms with van der Waals surface area (Å²) in [5.41, 5.74) is 0.830. The summed E-state index contributed by atoms with van der Waals surface area (Å²) in [4.78, 5) is 19.6. The molecule has 0 amide bonds. The molecule has 2 aromatic rings. The molecule has 106 valence electrons. The van der Waals surface area contributed by atoms with E-state index in [2.05, 4.69) is 9.88 Å². The lowest BCUT2D eigenvalue weighted by Crippen LogP contribution is -2.52. The molecule has 1 saturated heterocycles. The molecule has 0 saturated carbocycles. The first-order valence-electron chi connectivity index (χ1n) is 6.71. The van der Waals surface area contributed by atoms with E-state index in [1.54, 1.807) is 19.4 Å². The van der Waals surface area contributed by atoms with Crippen molar-refractivity contribution in [3.63, 3.8) is 0 Å². The fourth-order valence-electron chi connectivity index (χ4n) is 2.61. The number of aromatic nitrogens is 1. The van der Waals surface area contributed by atoms with Crippen molar-refractivity contribution in [2.75, 3.05) is 31.1 Å². The summed E-state index contributed by atoms with van der Waals surface area (Å²) < 4.78 is 5.39. The minimum atomic E-state index is -0.770. The van der Waals surface area contributed by atoms with E-state index in [9.17, 15) is 4.79 Å². The standard InChI is InChI=1S/C14H17N3O3/c1-10(14(18)19)16-5-7-17(8-6-16)13-11-3-9-20-12(11)2-4-15-13/h2-4,9-10H,5-8H2,1H3,(H,18,19). The number of pyridine rings is 1. The molecule has 0 aromatic carbocycles. The van der Waals surface area contributed by atoms with Gasteiger partial charge in [-0.05, 0) is 19.1 Å². The molecular weight excluding hydrogens is 258 g/mol. The van der Waals surface area contributed by atoms with Crippen LogP contribution >= 0.6 is 0 Å². The quantitative estimate of drug-likeness (QED) is 0.913. The third kappa shape index (κ3) is 2.22. The lowest BCUT2D eigenvalue weighted by atomic mass is 10.2. The largest absolute Gasteiger partial charge is 0.480 e. The molecule has 2 aromatic heterocycles. The Kier molecular flexibility index (Phi) is 3.31. The Labute approximate surface area is 116 Å². The average Bonchev–Trinajstić information content (AvgIpc) is 2.95. The Balaban J connectivity index is 1.75. The number of nitrogens with zero attached hydrogens (tertiary/aromatic N) is 3. The normalized spacial score (nSPS) is 18.4. The maximum atomic E-state index is 11.0. The molecule has 1 atom stereocenters. The van der Waals surface area contributed by atoms with Gasteiger partial charge in [0.15, 0.2) is 0 Å². The van der Waals surface area contributed by atoms with Gasteiger partial charge in [-0.2, -0.15) is 0 Å². The molecule has 3 rings (SSSR count). The van der Waals surface area contributed by atoms with Crippen LogP contribution in [0.4, 0.5) is 5.82 Å². The highest BCUT2D eigenvalue weighted by atomic mass is 16.4. The summed E-state index contributed by atoms with van der Waals surface area (Å²) in [6, 6.07) is 3.33. The Morgan fingerprint density at radius 1 is 1.35 bits per heavy atom. The van der Waals surface area contributed by atoms with Crippen molar-refractivity contribution in [2.45, 2.75) is 13.0 Å². The van der Waals surface area contributed by atoms with Crippen LogP contribution in [0, 0.1) is 0 Å². The van der Waals surface area contributed by atoms with E-state index in [4.69, 9.17) is 9.52 Å². The monoisotopic (exact) mass is 275 g/mol. The Morgan fingerprint density at radius 3 is 2.80 bits per heavy atom. The number of carbonyl (C=O) groups is 1. The number of carboxylic acid groups (broad SMARTS) is 1. The number of rotatable bonds is 3. The summed E-state index contributed by atoms with van der Waals surface area (Å²) in [5, 5.41) is 10.1. The third-order valence-electron chi connectivity index (χ3n) is 3.88. The summed E-state index contributed by atoms with van der Waals surface area (Å²) in [7, 11) is 0. The minimum absolute atomic E-state index is 0.435. The van der Waals surface area contributed by atoms with E-state index < -0.39 is 12.0 Å². The molecule has 1 unspecified atom stereocenters. The van der Waals surface area contributed by atoms with Crippen LogP contribution in [0.5, 0.6) is 0 Å². The highest BCUT2D eigenvalue weighted by Gasteiger charge is 2.26. The Bertz CT molecular complexity index is 617. The zero-order valence-electron chi connectivity index (χ0n) is 11.3. The fraction of sp³-hybridized carbons (Fsp3) is 0.429. The number of fused-ring (bicyclic) bond motifs is 1. The number of furan rings is 1. The van der Waals surface area contributed by atoms with Crippen LogP contribution in [0.2, 0.25) is 0 Å². The number of aliphatic carboxylic acids is 1. The van der Waals surface area contributed by atoms with Gasteiger partial charge in [-0.1, -0.05) is 0 Å². The molecule has 1 aliphatic rings. The predicted molar refractivity (Wildman–Crippen MR) is 74.9 cm³/mol. The van der Waals surface area contributed by atoms with Crippen molar-refractivity contribution < 1.29 is 14.3 Å². The zero-order chi connectivity index (χ0) is 14.1. The maximum absolute atomic E-state index is 11.0. The summed E-state index contributed by atoms with van der Waals surface area (Å²) in [5.74, 6) is 0.146. The first kappa shape index (κ1) is 12.9. The minimum Gasteiger partial charge on any atom is -0.480 e. The molecule has 6 heteroatoms. The van der Waals surface area contributed by atoms with Crippen molar-refractivity contribution in [3.05, 3.63) is 24.6 Å². The Hall–Kier alpha value is -2.08. The number of hydrogen-bond donors (Lipinski definition) is 1. The number of carboxylic acids is 1. The van der Waals surface area contributed by atoms with E-state index in [0.717, 1.165) is 43.0 Å². The second-order valence-corrected chi connectivity index (χ2v) is 5.00. The van der Waals surface area contributed by atoms with E-state index in [-0.39, 0.29) is 0 Å². The molecule has 1 N–H and O–H groups in total. The van der Waals surface area contributed by atoms with Gasteiger partial charge in [0.2, 0.25) is 0 Å². The molecule has 1 aliphatic heterocycles. The van der Waals surface area contributed by atoms with E-state index in [0.29, 0.717) is 0 Å². The van der Waals surface area contributed by atoms with Gasteiger partial charge in [0.1, 0.15) is 17.4 Å². The van der Waals surface area contributed by atoms with Gasteiger partial charge in [-0.15, -0.1) is 0 Å². The van der Waals surface area contributed by atoms with Gasteiger partial charge < -0.3 is 14.4 Å². The molecule has 20 heavy (non-hydrogen) atoms. The topological polar surface area (TPSA) is 69.8 Å². The van der Waals surface area contributed by atoms with Crippen LogP contribution in [-0.4, -0.2) is 53.2 Å². The van der Waals surface area contributed by atoms with Crippen LogP contribution in [-0.2, 0) is 4.79 Å². The molecule has 0 radical (unpaired) electrons. The number of hydrogen-bond acceptors (Lipinski definition) is 5. The molecule has 1 fully saturated rings. The molecule has 0 spiro atoms. The molecule has 0 aliphatic carbocycles. The van der Waals surface area contributed by atoms with E-state index >= 15 is 0 Å². The first-order valence-corrected chi connectivity index (χ1v) is 6.71. The average molecular weight is 275 g/mol. The van der Waals surface area contributed by atoms with Crippen LogP contribution in [0.15, 0.2) is 29.0 Å². The van der Waals surface area contributed by atoms with Crippen molar-refractivity contribution in [3.8, 4) is 0 Å². The lowest BCUT2D eigenvalue weighted by Gasteiger charge is -2.37.